The van der Waals surface area contributed by atoms with E-state index in [1.165, 1.54) is 0 Å². The molecule has 3 heterocycles. The predicted octanol–water partition coefficient (Wildman–Crippen LogP) is 3.58. The van der Waals surface area contributed by atoms with E-state index in [0.29, 0.717) is 41.0 Å². The number of anilines is 1. The highest BCUT2D eigenvalue weighted by Crippen LogP contribution is 2.33. The quantitative estimate of drug-likeness (QED) is 0.722. The van der Waals surface area contributed by atoms with Crippen molar-refractivity contribution in [3.63, 3.8) is 0 Å². The molecule has 0 radical (unpaired) electrons. The standard InChI is InChI=1S/C20H20ClN5O2/c1-12-9-16(25-20(22)24-12)19(27)26-8-4-7-17(26)18-23-11-14(28-18)10-13-5-2-3-6-15(13)21/h2-3,5-6,9,11,17H,4,7-8,10H2,1H3,(H2,22,24,25)/t17-/m0/s1. The van der Waals surface area contributed by atoms with Gasteiger partial charge in [0.1, 0.15) is 17.5 Å². The zero-order valence-corrected chi connectivity index (χ0v) is 16.2. The summed E-state index contributed by atoms with van der Waals surface area (Å²) < 4.78 is 5.97. The third kappa shape index (κ3) is 3.71. The van der Waals surface area contributed by atoms with Crippen molar-refractivity contribution in [2.75, 3.05) is 12.3 Å². The van der Waals surface area contributed by atoms with Gasteiger partial charge in [-0.05, 0) is 37.5 Å². The van der Waals surface area contributed by atoms with Crippen molar-refractivity contribution >= 4 is 23.5 Å². The molecule has 144 valence electrons. The van der Waals surface area contributed by atoms with Crippen LogP contribution < -0.4 is 5.73 Å². The van der Waals surface area contributed by atoms with E-state index in [-0.39, 0.29) is 17.9 Å². The fourth-order valence-electron chi connectivity index (χ4n) is 3.50. The maximum Gasteiger partial charge on any atom is 0.273 e. The first kappa shape index (κ1) is 18.4. The highest BCUT2D eigenvalue weighted by molar-refractivity contribution is 6.31. The molecule has 1 atom stereocenters. The molecule has 0 unspecified atom stereocenters. The van der Waals surface area contributed by atoms with Crippen LogP contribution in [-0.4, -0.2) is 32.3 Å². The minimum absolute atomic E-state index is 0.0947. The van der Waals surface area contributed by atoms with Crippen LogP contribution >= 0.6 is 11.6 Å². The normalized spacial score (nSPS) is 16.5. The van der Waals surface area contributed by atoms with E-state index in [0.717, 1.165) is 18.4 Å². The number of amides is 1. The second kappa shape index (κ2) is 7.59. The number of hydrogen-bond acceptors (Lipinski definition) is 6. The van der Waals surface area contributed by atoms with Gasteiger partial charge in [-0.3, -0.25) is 4.79 Å². The van der Waals surface area contributed by atoms with E-state index < -0.39 is 0 Å². The average Bonchev–Trinajstić information content (AvgIpc) is 3.31. The van der Waals surface area contributed by atoms with Crippen LogP contribution in [0.5, 0.6) is 0 Å². The maximum absolute atomic E-state index is 13.0. The molecule has 0 spiro atoms. The number of oxazole rings is 1. The number of nitrogens with two attached hydrogens (primary N) is 1. The van der Waals surface area contributed by atoms with Crippen molar-refractivity contribution < 1.29 is 9.21 Å². The van der Waals surface area contributed by atoms with E-state index in [1.54, 1.807) is 24.1 Å². The predicted molar refractivity (Wildman–Crippen MR) is 105 cm³/mol. The Hall–Kier alpha value is -2.93. The smallest absolute Gasteiger partial charge is 0.273 e. The van der Waals surface area contributed by atoms with Gasteiger partial charge in [0.15, 0.2) is 0 Å². The number of aromatic nitrogens is 3. The van der Waals surface area contributed by atoms with Crippen molar-refractivity contribution in [3.8, 4) is 0 Å². The van der Waals surface area contributed by atoms with Crippen LogP contribution in [0.3, 0.4) is 0 Å². The number of carbonyl (C=O) groups is 1. The lowest BCUT2D eigenvalue weighted by Gasteiger charge is -2.22. The molecule has 3 aromatic rings. The molecular weight excluding hydrogens is 378 g/mol. The first-order valence-corrected chi connectivity index (χ1v) is 9.49. The second-order valence-electron chi connectivity index (χ2n) is 6.84. The van der Waals surface area contributed by atoms with Gasteiger partial charge in [-0.15, -0.1) is 0 Å². The Labute approximate surface area is 167 Å². The van der Waals surface area contributed by atoms with E-state index in [9.17, 15) is 4.79 Å². The molecule has 2 N–H and O–H groups in total. The van der Waals surface area contributed by atoms with Gasteiger partial charge >= 0.3 is 0 Å². The minimum atomic E-state index is -0.219. The summed E-state index contributed by atoms with van der Waals surface area (Å²) in [6.07, 6.45) is 3.91. The lowest BCUT2D eigenvalue weighted by molar-refractivity contribution is 0.0708. The monoisotopic (exact) mass is 397 g/mol. The van der Waals surface area contributed by atoms with Crippen LogP contribution in [0.15, 0.2) is 40.9 Å². The van der Waals surface area contributed by atoms with Crippen molar-refractivity contribution in [3.05, 3.63) is 70.2 Å². The van der Waals surface area contributed by atoms with Gasteiger partial charge in [-0.25, -0.2) is 15.0 Å². The molecule has 1 aromatic carbocycles. The van der Waals surface area contributed by atoms with Crippen LogP contribution in [0.2, 0.25) is 5.02 Å². The Bertz CT molecular complexity index is 999. The Morgan fingerprint density at radius 2 is 2.18 bits per heavy atom. The summed E-state index contributed by atoms with van der Waals surface area (Å²) in [7, 11) is 0. The molecule has 28 heavy (non-hydrogen) atoms. The molecule has 1 fully saturated rings. The largest absolute Gasteiger partial charge is 0.443 e. The average molecular weight is 398 g/mol. The topological polar surface area (TPSA) is 98.1 Å². The number of aryl methyl sites for hydroxylation is 1. The summed E-state index contributed by atoms with van der Waals surface area (Å²) in [5.41, 5.74) is 7.62. The first-order chi connectivity index (χ1) is 13.5. The van der Waals surface area contributed by atoms with Crippen molar-refractivity contribution in [1.29, 1.82) is 0 Å². The number of likely N-dealkylation sites (tertiary alicyclic amines) is 1. The van der Waals surface area contributed by atoms with Crippen LogP contribution in [0.4, 0.5) is 5.95 Å². The third-order valence-electron chi connectivity index (χ3n) is 4.78. The maximum atomic E-state index is 13.0. The van der Waals surface area contributed by atoms with Crippen LogP contribution in [0, 0.1) is 6.92 Å². The van der Waals surface area contributed by atoms with Gasteiger partial charge in [0.25, 0.3) is 5.91 Å². The van der Waals surface area contributed by atoms with Gasteiger partial charge in [0.2, 0.25) is 11.8 Å². The van der Waals surface area contributed by atoms with Gasteiger partial charge in [0, 0.05) is 23.7 Å². The molecule has 1 saturated heterocycles. The number of rotatable bonds is 4. The third-order valence-corrected chi connectivity index (χ3v) is 5.15. The fraction of sp³-hybridized carbons (Fsp3) is 0.300. The molecular formula is C20H20ClN5O2. The summed E-state index contributed by atoms with van der Waals surface area (Å²) in [6, 6.07) is 9.06. The van der Waals surface area contributed by atoms with Gasteiger partial charge in [0.05, 0.1) is 6.20 Å². The minimum Gasteiger partial charge on any atom is -0.443 e. The van der Waals surface area contributed by atoms with Gasteiger partial charge < -0.3 is 15.1 Å². The molecule has 4 rings (SSSR count). The zero-order chi connectivity index (χ0) is 19.7. The number of carbonyl (C=O) groups excluding carboxylic acids is 1. The number of nitrogen functional groups attached to an aromatic ring is 1. The number of halogens is 1. The summed E-state index contributed by atoms with van der Waals surface area (Å²) in [5.74, 6) is 1.15. The Morgan fingerprint density at radius 3 is 2.96 bits per heavy atom. The molecule has 7 nitrogen and oxygen atoms in total. The fourth-order valence-corrected chi connectivity index (χ4v) is 3.71. The van der Waals surface area contributed by atoms with Crippen LogP contribution in [0.25, 0.3) is 0 Å². The molecule has 0 saturated carbocycles. The molecule has 0 aliphatic carbocycles. The molecule has 2 aromatic heterocycles. The Morgan fingerprint density at radius 1 is 1.36 bits per heavy atom. The molecule has 8 heteroatoms. The van der Waals surface area contributed by atoms with E-state index in [1.807, 2.05) is 24.3 Å². The second-order valence-corrected chi connectivity index (χ2v) is 7.25. The van der Waals surface area contributed by atoms with Gasteiger partial charge in [-0.2, -0.15) is 0 Å². The van der Waals surface area contributed by atoms with Crippen molar-refractivity contribution in [1.82, 2.24) is 19.9 Å². The molecule has 1 aliphatic heterocycles. The molecule has 1 amide bonds. The Kier molecular flexibility index (Phi) is 5.00. The first-order valence-electron chi connectivity index (χ1n) is 9.11. The Balaban J connectivity index is 1.55. The van der Waals surface area contributed by atoms with E-state index in [4.69, 9.17) is 21.8 Å². The number of nitrogens with zero attached hydrogens (tertiary/aromatic N) is 4. The molecule has 0 bridgehead atoms. The highest BCUT2D eigenvalue weighted by Gasteiger charge is 2.34. The van der Waals surface area contributed by atoms with E-state index >= 15 is 0 Å². The van der Waals surface area contributed by atoms with Crippen LogP contribution in [-0.2, 0) is 6.42 Å². The van der Waals surface area contributed by atoms with E-state index in [2.05, 4.69) is 15.0 Å². The van der Waals surface area contributed by atoms with Gasteiger partial charge in [-0.1, -0.05) is 29.8 Å². The molecule has 1 aliphatic rings. The highest BCUT2D eigenvalue weighted by atomic mass is 35.5. The summed E-state index contributed by atoms with van der Waals surface area (Å²) in [6.45, 7) is 2.40. The van der Waals surface area contributed by atoms with Crippen molar-refractivity contribution in [2.24, 2.45) is 0 Å². The number of benzene rings is 1. The van der Waals surface area contributed by atoms with Crippen LogP contribution in [0.1, 0.15) is 52.3 Å². The summed E-state index contributed by atoms with van der Waals surface area (Å²) >= 11 is 6.23. The zero-order valence-electron chi connectivity index (χ0n) is 15.4. The lowest BCUT2D eigenvalue weighted by atomic mass is 10.1. The number of hydrogen-bond donors (Lipinski definition) is 1. The summed E-state index contributed by atoms with van der Waals surface area (Å²) in [5, 5.41) is 0.690. The summed E-state index contributed by atoms with van der Waals surface area (Å²) in [4.78, 5) is 27.2. The SMILES string of the molecule is Cc1cc(C(=O)N2CCC[C@H]2c2ncc(Cc3ccccc3Cl)o2)nc(N)n1. The lowest BCUT2D eigenvalue weighted by Crippen LogP contribution is -2.31. The van der Waals surface area contributed by atoms with Crippen molar-refractivity contribution in [2.45, 2.75) is 32.2 Å².